The van der Waals surface area contributed by atoms with Gasteiger partial charge >= 0.3 is 6.09 Å². The molecule has 1 aliphatic rings. The minimum absolute atomic E-state index is 0.119. The number of carbonyl (C=O) groups excluding carboxylic acids is 3. The predicted octanol–water partition coefficient (Wildman–Crippen LogP) is 7.19. The molecule has 0 radical (unpaired) electrons. The molecule has 4 rings (SSSR count). The van der Waals surface area contributed by atoms with Gasteiger partial charge in [0.05, 0.1) is 22.6 Å². The van der Waals surface area contributed by atoms with Crippen LogP contribution in [-0.4, -0.2) is 65.7 Å². The molecule has 49 heavy (non-hydrogen) atoms. The number of fused-ring (bicyclic) bond motifs is 1. The summed E-state index contributed by atoms with van der Waals surface area (Å²) in [6, 6.07) is 11.9. The Kier molecular flexibility index (Phi) is 11.7. The summed E-state index contributed by atoms with van der Waals surface area (Å²) in [6.45, 7) is 11.5. The van der Waals surface area contributed by atoms with Crippen molar-refractivity contribution in [3.8, 4) is 29.6 Å². The minimum Gasteiger partial charge on any atom is -0.481 e. The van der Waals surface area contributed by atoms with Crippen molar-refractivity contribution >= 4 is 46.8 Å². The van der Waals surface area contributed by atoms with Gasteiger partial charge in [-0.1, -0.05) is 62.0 Å². The van der Waals surface area contributed by atoms with E-state index in [0.717, 1.165) is 5.56 Å². The summed E-state index contributed by atoms with van der Waals surface area (Å²) in [5.74, 6) is 2.91. The summed E-state index contributed by atoms with van der Waals surface area (Å²) >= 11 is 12.4. The first kappa shape index (κ1) is 37.4. The molecular weight excluding hydrogens is 667 g/mol. The Morgan fingerprint density at radius 2 is 1.80 bits per heavy atom. The summed E-state index contributed by atoms with van der Waals surface area (Å²) in [7, 11) is 1.51. The number of likely N-dealkylation sites (N-methyl/N-ethyl adjacent to an activating group) is 1. The largest absolute Gasteiger partial charge is 0.481 e. The number of carbonyl (C=O) groups is 3. The number of anilines is 1. The highest BCUT2D eigenvalue weighted by molar-refractivity contribution is 6.35. The van der Waals surface area contributed by atoms with Gasteiger partial charge in [-0.2, -0.15) is 0 Å². The van der Waals surface area contributed by atoms with Crippen LogP contribution in [0.25, 0.3) is 0 Å². The first-order valence-corrected chi connectivity index (χ1v) is 16.6. The number of hydrogen-bond donors (Lipinski definition) is 1. The van der Waals surface area contributed by atoms with Crippen molar-refractivity contribution in [1.82, 2.24) is 15.2 Å². The summed E-state index contributed by atoms with van der Waals surface area (Å²) < 4.78 is 17.0. The van der Waals surface area contributed by atoms with Gasteiger partial charge in [-0.05, 0) is 63.1 Å². The maximum Gasteiger partial charge on any atom is 0.410 e. The summed E-state index contributed by atoms with van der Waals surface area (Å²) in [5.41, 5.74) is 0.764. The van der Waals surface area contributed by atoms with Crippen molar-refractivity contribution in [2.24, 2.45) is 0 Å². The van der Waals surface area contributed by atoms with E-state index in [4.69, 9.17) is 43.8 Å². The Morgan fingerprint density at radius 1 is 1.10 bits per heavy atom. The number of terminal acetylenes is 1. The Balaban J connectivity index is 1.66. The molecule has 0 saturated heterocycles. The number of nitrogens with zero attached hydrogens (tertiary/aromatic N) is 3. The number of nitrogens with one attached hydrogen (secondary N) is 1. The van der Waals surface area contributed by atoms with Crippen LogP contribution < -0.4 is 19.7 Å². The van der Waals surface area contributed by atoms with Crippen LogP contribution in [0.2, 0.25) is 10.0 Å². The van der Waals surface area contributed by atoms with Crippen molar-refractivity contribution in [2.45, 2.75) is 77.5 Å². The van der Waals surface area contributed by atoms with Crippen LogP contribution >= 0.6 is 23.2 Å². The quantitative estimate of drug-likeness (QED) is 0.210. The summed E-state index contributed by atoms with van der Waals surface area (Å²) in [6.07, 6.45) is 6.71. The highest BCUT2D eigenvalue weighted by atomic mass is 35.5. The summed E-state index contributed by atoms with van der Waals surface area (Å²) in [4.78, 5) is 48.8. The van der Waals surface area contributed by atoms with Crippen LogP contribution in [0, 0.1) is 12.3 Å². The van der Waals surface area contributed by atoms with E-state index in [1.54, 1.807) is 75.2 Å². The molecular formula is C37H42Cl2N4O6. The molecule has 0 bridgehead atoms. The van der Waals surface area contributed by atoms with E-state index >= 15 is 0 Å². The van der Waals surface area contributed by atoms with Crippen LogP contribution in [0.4, 0.5) is 10.5 Å². The van der Waals surface area contributed by atoms with Gasteiger partial charge in [-0.25, -0.2) is 4.79 Å². The molecule has 1 aromatic heterocycles. The van der Waals surface area contributed by atoms with Crippen molar-refractivity contribution < 1.29 is 28.6 Å². The Hall–Kier alpha value is -4.46. The van der Waals surface area contributed by atoms with Crippen molar-refractivity contribution in [3.05, 3.63) is 76.0 Å². The second-order valence-electron chi connectivity index (χ2n) is 13.4. The van der Waals surface area contributed by atoms with Gasteiger partial charge in [0.25, 0.3) is 0 Å². The highest BCUT2D eigenvalue weighted by Crippen LogP contribution is 2.42. The van der Waals surface area contributed by atoms with E-state index < -0.39 is 35.1 Å². The van der Waals surface area contributed by atoms with Gasteiger partial charge in [0.2, 0.25) is 11.8 Å². The number of amides is 3. The number of benzene rings is 2. The maximum absolute atomic E-state index is 14.6. The molecule has 0 spiro atoms. The van der Waals surface area contributed by atoms with Crippen molar-refractivity contribution in [3.63, 3.8) is 0 Å². The van der Waals surface area contributed by atoms with Gasteiger partial charge in [0, 0.05) is 36.5 Å². The molecule has 0 saturated carbocycles. The maximum atomic E-state index is 14.6. The molecule has 0 aliphatic carbocycles. The molecule has 2 atom stereocenters. The molecule has 10 nitrogen and oxygen atoms in total. The monoisotopic (exact) mass is 708 g/mol. The molecule has 3 aromatic rings. The number of halogens is 2. The third kappa shape index (κ3) is 9.37. The van der Waals surface area contributed by atoms with Crippen LogP contribution in [0.15, 0.2) is 54.7 Å². The Bertz CT molecular complexity index is 1730. The number of rotatable bonds is 11. The average molecular weight is 710 g/mol. The second kappa shape index (κ2) is 15.4. The normalized spacial score (nSPS) is 14.6. The summed E-state index contributed by atoms with van der Waals surface area (Å²) in [5, 5.41) is 3.73. The number of ether oxygens (including phenoxy) is 3. The number of hydrogen-bond acceptors (Lipinski definition) is 7. The zero-order chi connectivity index (χ0) is 36.1. The molecule has 0 unspecified atom stereocenters. The van der Waals surface area contributed by atoms with E-state index in [1.165, 1.54) is 11.9 Å². The predicted molar refractivity (Wildman–Crippen MR) is 191 cm³/mol. The van der Waals surface area contributed by atoms with Crippen LogP contribution in [0.1, 0.15) is 59.2 Å². The van der Waals surface area contributed by atoms with Gasteiger partial charge in [0.15, 0.2) is 0 Å². The van der Waals surface area contributed by atoms with E-state index in [0.29, 0.717) is 51.6 Å². The third-order valence-corrected chi connectivity index (χ3v) is 8.38. The van der Waals surface area contributed by atoms with E-state index in [1.807, 2.05) is 26.0 Å². The van der Waals surface area contributed by atoms with Crippen molar-refractivity contribution in [2.75, 3.05) is 25.1 Å². The van der Waals surface area contributed by atoms with Crippen LogP contribution in [0.3, 0.4) is 0 Å². The zero-order valence-electron chi connectivity index (χ0n) is 28.8. The fourth-order valence-corrected chi connectivity index (χ4v) is 5.94. The minimum atomic E-state index is -1.01. The Labute approximate surface area is 298 Å². The van der Waals surface area contributed by atoms with Gasteiger partial charge in [-0.15, -0.1) is 6.42 Å². The fourth-order valence-electron chi connectivity index (χ4n) is 5.49. The molecule has 2 heterocycles. The average Bonchev–Trinajstić information content (AvgIpc) is 3.30. The van der Waals surface area contributed by atoms with Gasteiger partial charge in [-0.3, -0.25) is 19.5 Å². The third-order valence-electron chi connectivity index (χ3n) is 7.85. The lowest BCUT2D eigenvalue weighted by Crippen LogP contribution is -2.56. The molecule has 12 heteroatoms. The lowest BCUT2D eigenvalue weighted by Gasteiger charge is -2.31. The first-order chi connectivity index (χ1) is 23.0. The zero-order valence-corrected chi connectivity index (χ0v) is 30.3. The second-order valence-corrected chi connectivity index (χ2v) is 14.3. The van der Waals surface area contributed by atoms with Crippen LogP contribution in [0.5, 0.6) is 17.2 Å². The number of aromatic nitrogens is 1. The molecule has 2 aromatic carbocycles. The van der Waals surface area contributed by atoms with E-state index in [9.17, 15) is 14.4 Å². The molecule has 0 fully saturated rings. The van der Waals surface area contributed by atoms with Gasteiger partial charge < -0.3 is 24.4 Å². The van der Waals surface area contributed by atoms with Gasteiger partial charge in [0.1, 0.15) is 41.5 Å². The Morgan fingerprint density at radius 3 is 2.41 bits per heavy atom. The standard InChI is InChI=1S/C37H42Cl2N4O6/c1-9-17-47-25-14-11-23(12-15-25)18-28(41-33(44)29(10-2)42(8)35(46)49-36(3,4)5)34(45)43-22-37(6,7)32-30(43)20-26(21-40-32)48-31-16-13-24(38)19-27(31)39/h1,11-16,19-21,28-29H,10,17-18,22H2,2-8H3,(H,41,44)/t28-,29-/m0/s1. The van der Waals surface area contributed by atoms with E-state index in [-0.39, 0.29) is 18.9 Å². The molecule has 260 valence electrons. The SMILES string of the molecule is C#CCOc1ccc(C[C@H](NC(=O)[C@H](CC)N(C)C(=O)OC(C)(C)C)C(=O)N2CC(C)(C)c3ncc(Oc4ccc(Cl)cc4Cl)cc32)cc1. The van der Waals surface area contributed by atoms with Crippen LogP contribution in [-0.2, 0) is 26.2 Å². The van der Waals surface area contributed by atoms with Crippen molar-refractivity contribution in [1.29, 1.82) is 0 Å². The topological polar surface area (TPSA) is 110 Å². The number of pyridine rings is 1. The highest BCUT2D eigenvalue weighted by Gasteiger charge is 2.42. The van der Waals surface area contributed by atoms with E-state index in [2.05, 4.69) is 16.2 Å². The first-order valence-electron chi connectivity index (χ1n) is 15.9. The molecule has 1 N–H and O–H groups in total. The fraction of sp³-hybridized carbons (Fsp3) is 0.405. The molecule has 1 aliphatic heterocycles. The smallest absolute Gasteiger partial charge is 0.410 e. The molecule has 3 amide bonds. The lowest BCUT2D eigenvalue weighted by molar-refractivity contribution is -0.130. The lowest BCUT2D eigenvalue weighted by atomic mass is 9.91.